The van der Waals surface area contributed by atoms with Gasteiger partial charge in [0.2, 0.25) is 5.88 Å². The molecule has 22 heavy (non-hydrogen) atoms. The lowest BCUT2D eigenvalue weighted by Crippen LogP contribution is -2.17. The second kappa shape index (κ2) is 5.29. The highest BCUT2D eigenvalue weighted by Crippen LogP contribution is 2.27. The van der Waals surface area contributed by atoms with Gasteiger partial charge in [-0.3, -0.25) is 9.89 Å². The molecule has 1 aliphatic rings. The summed E-state index contributed by atoms with van der Waals surface area (Å²) in [5, 5.41) is 6.90. The summed E-state index contributed by atoms with van der Waals surface area (Å²) < 4.78 is 5.35. The summed E-state index contributed by atoms with van der Waals surface area (Å²) >= 11 is 0. The third-order valence-electron chi connectivity index (χ3n) is 4.09. The Balaban J connectivity index is 1.54. The Bertz CT molecular complexity index is 781. The van der Waals surface area contributed by atoms with Crippen molar-refractivity contribution in [1.29, 1.82) is 0 Å². The first-order chi connectivity index (χ1) is 10.8. The molecule has 2 N–H and O–H groups in total. The highest BCUT2D eigenvalue weighted by Gasteiger charge is 2.25. The van der Waals surface area contributed by atoms with E-state index in [2.05, 4.69) is 20.2 Å². The van der Waals surface area contributed by atoms with Gasteiger partial charge in [0, 0.05) is 6.07 Å². The summed E-state index contributed by atoms with van der Waals surface area (Å²) in [4.78, 5) is 19.7. The van der Waals surface area contributed by atoms with Crippen LogP contribution in [0.25, 0.3) is 22.6 Å². The number of imidazole rings is 1. The number of carbonyl (C=O) groups is 1. The van der Waals surface area contributed by atoms with Gasteiger partial charge in [-0.15, -0.1) is 5.10 Å². The molecule has 6 nitrogen and oxygen atoms in total. The molecule has 4 rings (SSSR count). The van der Waals surface area contributed by atoms with Crippen LogP contribution in [0, 0.1) is 5.92 Å². The average molecular weight is 296 g/mol. The van der Waals surface area contributed by atoms with Crippen LogP contribution >= 0.6 is 0 Å². The van der Waals surface area contributed by atoms with Crippen molar-refractivity contribution in [3.8, 4) is 17.4 Å². The molecule has 0 amide bonds. The lowest BCUT2D eigenvalue weighted by molar-refractivity contribution is -0.138. The molecular formula is C16H16N4O2. The molecule has 0 spiro atoms. The minimum absolute atomic E-state index is 0.0198. The highest BCUT2D eigenvalue weighted by molar-refractivity contribution is 5.79. The first-order valence-electron chi connectivity index (χ1n) is 7.52. The van der Waals surface area contributed by atoms with Crippen LogP contribution < -0.4 is 4.74 Å². The van der Waals surface area contributed by atoms with Crippen molar-refractivity contribution in [2.24, 2.45) is 5.92 Å². The number of para-hydroxylation sites is 2. The fraction of sp³-hybridized carbons (Fsp3) is 0.312. The Morgan fingerprint density at radius 2 is 2.05 bits per heavy atom. The Labute approximate surface area is 126 Å². The third kappa shape index (κ3) is 2.36. The number of aromatic amines is 2. The van der Waals surface area contributed by atoms with Gasteiger partial charge in [0.1, 0.15) is 5.69 Å². The quantitative estimate of drug-likeness (QED) is 0.728. The zero-order chi connectivity index (χ0) is 14.9. The topological polar surface area (TPSA) is 83.7 Å². The monoisotopic (exact) mass is 296 g/mol. The molecule has 3 aromatic rings. The predicted molar refractivity (Wildman–Crippen MR) is 81.3 cm³/mol. The molecule has 1 aliphatic carbocycles. The SMILES string of the molecule is O=C(Oc1cc(-c2nc3ccccc3[nH]2)[nH]n1)C1CCCC1. The number of carbonyl (C=O) groups excluding carboxylic acids is 1. The number of benzene rings is 1. The summed E-state index contributed by atoms with van der Waals surface area (Å²) in [6.07, 6.45) is 4.04. The van der Waals surface area contributed by atoms with E-state index in [-0.39, 0.29) is 11.9 Å². The third-order valence-corrected chi connectivity index (χ3v) is 4.09. The lowest BCUT2D eigenvalue weighted by Gasteiger charge is -2.05. The van der Waals surface area contributed by atoms with E-state index in [0.29, 0.717) is 17.4 Å². The number of hydrogen-bond acceptors (Lipinski definition) is 4. The van der Waals surface area contributed by atoms with E-state index in [9.17, 15) is 4.79 Å². The molecule has 1 aromatic carbocycles. The largest absolute Gasteiger partial charge is 0.406 e. The Morgan fingerprint density at radius 1 is 1.23 bits per heavy atom. The van der Waals surface area contributed by atoms with Crippen LogP contribution in [-0.4, -0.2) is 26.1 Å². The normalized spacial score (nSPS) is 15.5. The summed E-state index contributed by atoms with van der Waals surface area (Å²) in [5.41, 5.74) is 2.54. The Morgan fingerprint density at radius 3 is 2.86 bits per heavy atom. The molecule has 6 heteroatoms. The zero-order valence-electron chi connectivity index (χ0n) is 12.0. The molecule has 112 valence electrons. The van der Waals surface area contributed by atoms with E-state index < -0.39 is 0 Å². The van der Waals surface area contributed by atoms with Crippen molar-refractivity contribution in [2.45, 2.75) is 25.7 Å². The summed E-state index contributed by atoms with van der Waals surface area (Å²) in [7, 11) is 0. The highest BCUT2D eigenvalue weighted by atomic mass is 16.5. The number of ether oxygens (including phenoxy) is 1. The van der Waals surface area contributed by atoms with Gasteiger partial charge in [-0.05, 0) is 25.0 Å². The zero-order valence-corrected chi connectivity index (χ0v) is 12.0. The molecule has 0 aliphatic heterocycles. The van der Waals surface area contributed by atoms with Crippen LogP contribution in [0.3, 0.4) is 0 Å². The van der Waals surface area contributed by atoms with Gasteiger partial charge in [-0.2, -0.15) is 0 Å². The maximum absolute atomic E-state index is 12.0. The smallest absolute Gasteiger partial charge is 0.315 e. The molecule has 0 bridgehead atoms. The fourth-order valence-corrected chi connectivity index (χ4v) is 2.91. The van der Waals surface area contributed by atoms with Crippen LogP contribution in [0.5, 0.6) is 5.88 Å². The standard InChI is InChI=1S/C16H16N4O2/c21-16(10-5-1-2-6-10)22-14-9-13(19-20-14)15-17-11-7-3-4-8-12(11)18-15/h3-4,7-10H,1-2,5-6H2,(H,17,18)(H,19,20). The van der Waals surface area contributed by atoms with E-state index in [0.717, 1.165) is 36.7 Å². The summed E-state index contributed by atoms with van der Waals surface area (Å²) in [6.45, 7) is 0. The summed E-state index contributed by atoms with van der Waals surface area (Å²) in [6, 6.07) is 9.49. The van der Waals surface area contributed by atoms with Gasteiger partial charge in [0.25, 0.3) is 0 Å². The molecule has 1 fully saturated rings. The van der Waals surface area contributed by atoms with Gasteiger partial charge < -0.3 is 9.72 Å². The number of esters is 1. The maximum atomic E-state index is 12.0. The first kappa shape index (κ1) is 13.1. The Hall–Kier alpha value is -2.63. The van der Waals surface area contributed by atoms with Gasteiger partial charge in [-0.1, -0.05) is 25.0 Å². The number of nitrogens with zero attached hydrogens (tertiary/aromatic N) is 2. The van der Waals surface area contributed by atoms with E-state index in [4.69, 9.17) is 4.74 Å². The van der Waals surface area contributed by atoms with Crippen molar-refractivity contribution in [3.05, 3.63) is 30.3 Å². The number of nitrogens with one attached hydrogen (secondary N) is 2. The maximum Gasteiger partial charge on any atom is 0.315 e. The summed E-state index contributed by atoms with van der Waals surface area (Å²) in [5.74, 6) is 0.815. The minimum Gasteiger partial charge on any atom is -0.406 e. The second-order valence-corrected chi connectivity index (χ2v) is 5.62. The number of fused-ring (bicyclic) bond motifs is 1. The van der Waals surface area contributed by atoms with E-state index >= 15 is 0 Å². The number of aromatic nitrogens is 4. The fourth-order valence-electron chi connectivity index (χ4n) is 2.91. The lowest BCUT2D eigenvalue weighted by atomic mass is 10.1. The molecule has 0 radical (unpaired) electrons. The van der Waals surface area contributed by atoms with Crippen LogP contribution in [-0.2, 0) is 4.79 Å². The van der Waals surface area contributed by atoms with Crippen LogP contribution in [0.15, 0.2) is 30.3 Å². The van der Waals surface area contributed by atoms with Crippen LogP contribution in [0.4, 0.5) is 0 Å². The predicted octanol–water partition coefficient (Wildman–Crippen LogP) is 3.05. The van der Waals surface area contributed by atoms with Crippen molar-refractivity contribution < 1.29 is 9.53 Å². The average Bonchev–Trinajstić information content (AvgIpc) is 3.26. The van der Waals surface area contributed by atoms with Crippen LogP contribution in [0.1, 0.15) is 25.7 Å². The molecule has 0 saturated heterocycles. The molecule has 0 unspecified atom stereocenters. The molecule has 0 atom stereocenters. The van der Waals surface area contributed by atoms with Gasteiger partial charge in [-0.25, -0.2) is 4.98 Å². The number of hydrogen-bond donors (Lipinski definition) is 2. The first-order valence-corrected chi connectivity index (χ1v) is 7.52. The molecule has 2 aromatic heterocycles. The van der Waals surface area contributed by atoms with E-state index in [1.807, 2.05) is 24.3 Å². The van der Waals surface area contributed by atoms with Gasteiger partial charge in [0.05, 0.1) is 17.0 Å². The van der Waals surface area contributed by atoms with Crippen molar-refractivity contribution in [1.82, 2.24) is 20.2 Å². The second-order valence-electron chi connectivity index (χ2n) is 5.62. The van der Waals surface area contributed by atoms with Crippen molar-refractivity contribution >= 4 is 17.0 Å². The van der Waals surface area contributed by atoms with Crippen molar-refractivity contribution in [3.63, 3.8) is 0 Å². The number of rotatable bonds is 3. The Kier molecular flexibility index (Phi) is 3.14. The molecule has 2 heterocycles. The van der Waals surface area contributed by atoms with Crippen molar-refractivity contribution in [2.75, 3.05) is 0 Å². The molecule has 1 saturated carbocycles. The minimum atomic E-state index is -0.180. The number of H-pyrrole nitrogens is 2. The van der Waals surface area contributed by atoms with E-state index in [1.54, 1.807) is 6.07 Å². The van der Waals surface area contributed by atoms with Crippen LogP contribution in [0.2, 0.25) is 0 Å². The van der Waals surface area contributed by atoms with Gasteiger partial charge >= 0.3 is 5.97 Å². The van der Waals surface area contributed by atoms with Gasteiger partial charge in [0.15, 0.2) is 5.82 Å². The van der Waals surface area contributed by atoms with E-state index in [1.165, 1.54) is 0 Å². The molecular weight excluding hydrogens is 280 g/mol.